The van der Waals surface area contributed by atoms with Gasteiger partial charge in [-0.1, -0.05) is 52.0 Å². The first-order chi connectivity index (χ1) is 10.4. The Hall–Kier alpha value is -1.94. The summed E-state index contributed by atoms with van der Waals surface area (Å²) >= 11 is 0. The van der Waals surface area contributed by atoms with E-state index in [2.05, 4.69) is 5.32 Å². The molecule has 0 aromatic heterocycles. The summed E-state index contributed by atoms with van der Waals surface area (Å²) in [6.45, 7) is 8.08. The number of carbonyl (C=O) groups excluding carboxylic acids is 2. The van der Waals surface area contributed by atoms with Crippen molar-refractivity contribution in [3.8, 4) is 0 Å². The number of carbonyl (C=O) groups is 2. The lowest BCUT2D eigenvalue weighted by atomic mass is 9.81. The molecule has 0 bridgehead atoms. The quantitative estimate of drug-likeness (QED) is 0.912. The molecule has 3 rings (SSSR count). The fourth-order valence-corrected chi connectivity index (χ4v) is 3.03. The molecule has 4 heteroatoms. The largest absolute Gasteiger partial charge is 0.356 e. The van der Waals surface area contributed by atoms with Gasteiger partial charge in [-0.2, -0.15) is 0 Å². The molecule has 1 aliphatic carbocycles. The molecule has 1 N–H and O–H groups in total. The smallest absolute Gasteiger partial charge is 0.210 e. The lowest BCUT2D eigenvalue weighted by Crippen LogP contribution is -2.51. The number of ketones is 2. The van der Waals surface area contributed by atoms with E-state index in [9.17, 15) is 9.59 Å². The average molecular weight is 299 g/mol. The fraction of sp³-hybridized carbons (Fsp3) is 0.444. The third-order valence-electron chi connectivity index (χ3n) is 4.23. The third kappa shape index (κ3) is 2.18. The summed E-state index contributed by atoms with van der Waals surface area (Å²) in [5.41, 5.74) is 1.86. The van der Waals surface area contributed by atoms with E-state index in [1.165, 1.54) is 0 Å². The number of ether oxygens (including phenoxy) is 1. The van der Waals surface area contributed by atoms with E-state index in [-0.39, 0.29) is 35.7 Å². The van der Waals surface area contributed by atoms with Crippen LogP contribution in [-0.2, 0) is 4.74 Å². The third-order valence-corrected chi connectivity index (χ3v) is 4.23. The Bertz CT molecular complexity index is 673. The number of fused-ring (bicyclic) bond motifs is 1. The van der Waals surface area contributed by atoms with Gasteiger partial charge in [-0.05, 0) is 11.8 Å². The summed E-state index contributed by atoms with van der Waals surface area (Å²) in [6.07, 6.45) is -0.610. The predicted octanol–water partition coefficient (Wildman–Crippen LogP) is 2.95. The molecule has 2 atom stereocenters. The zero-order chi connectivity index (χ0) is 16.0. The van der Waals surface area contributed by atoms with Crippen LogP contribution in [0.15, 0.2) is 35.5 Å². The maximum Gasteiger partial charge on any atom is 0.210 e. The summed E-state index contributed by atoms with van der Waals surface area (Å²) in [6, 6.07) is 7.00. The Morgan fingerprint density at radius 3 is 2.09 bits per heavy atom. The fourth-order valence-electron chi connectivity index (χ4n) is 3.03. The molecule has 1 heterocycles. The molecule has 2 aliphatic rings. The van der Waals surface area contributed by atoms with Crippen LogP contribution in [0.2, 0.25) is 0 Å². The molecule has 1 aromatic carbocycles. The zero-order valence-corrected chi connectivity index (χ0v) is 13.3. The van der Waals surface area contributed by atoms with Crippen molar-refractivity contribution in [1.82, 2.24) is 5.32 Å². The van der Waals surface area contributed by atoms with E-state index in [0.717, 1.165) is 0 Å². The lowest BCUT2D eigenvalue weighted by Gasteiger charge is -2.39. The molecule has 22 heavy (non-hydrogen) atoms. The lowest BCUT2D eigenvalue weighted by molar-refractivity contribution is -0.0615. The Kier molecular flexibility index (Phi) is 3.65. The van der Waals surface area contributed by atoms with Crippen LogP contribution in [0.25, 0.3) is 0 Å². The van der Waals surface area contributed by atoms with Gasteiger partial charge in [-0.15, -0.1) is 0 Å². The molecule has 0 saturated heterocycles. The maximum atomic E-state index is 12.9. The highest BCUT2D eigenvalue weighted by molar-refractivity contribution is 6.27. The van der Waals surface area contributed by atoms with Gasteiger partial charge in [-0.25, -0.2) is 0 Å². The minimum atomic E-state index is -0.353. The summed E-state index contributed by atoms with van der Waals surface area (Å²) in [5, 5.41) is 3.15. The molecule has 0 saturated carbocycles. The second-order valence-electron chi connectivity index (χ2n) is 6.60. The highest BCUT2D eigenvalue weighted by Gasteiger charge is 2.42. The van der Waals surface area contributed by atoms with E-state index >= 15 is 0 Å². The van der Waals surface area contributed by atoms with Crippen LogP contribution in [0.1, 0.15) is 48.4 Å². The van der Waals surface area contributed by atoms with Gasteiger partial charge in [0.05, 0.1) is 17.4 Å². The number of hydrogen-bond acceptors (Lipinski definition) is 4. The molecule has 0 radical (unpaired) electrons. The molecular weight excluding hydrogens is 278 g/mol. The van der Waals surface area contributed by atoms with Crippen molar-refractivity contribution < 1.29 is 14.3 Å². The molecule has 116 valence electrons. The van der Waals surface area contributed by atoms with Gasteiger partial charge < -0.3 is 10.1 Å². The number of allylic oxidation sites excluding steroid dienone is 1. The number of hydrogen-bond donors (Lipinski definition) is 1. The van der Waals surface area contributed by atoms with Crippen LogP contribution in [0.4, 0.5) is 0 Å². The standard InChI is InChI=1S/C18H21NO3/c1-9(2)17-13-14(19-18(22-17)10(3)4)16(21)12-8-6-5-7-11(12)15(13)20/h5-10,17-19H,1-4H3/t17-,18-/m1/s1. The minimum absolute atomic E-state index is 0.0985. The van der Waals surface area contributed by atoms with Crippen molar-refractivity contribution >= 4 is 11.6 Å². The monoisotopic (exact) mass is 299 g/mol. The van der Waals surface area contributed by atoms with Gasteiger partial charge in [0.2, 0.25) is 5.78 Å². The SMILES string of the molecule is CC(C)[C@@H]1NC2=C(C(=O)c3ccccc3C2=O)[C@@H](C(C)C)O1. The predicted molar refractivity (Wildman–Crippen MR) is 83.6 cm³/mol. The number of nitrogens with one attached hydrogen (secondary N) is 1. The first-order valence-corrected chi connectivity index (χ1v) is 7.76. The van der Waals surface area contributed by atoms with Crippen LogP contribution in [-0.4, -0.2) is 23.9 Å². The van der Waals surface area contributed by atoms with Crippen molar-refractivity contribution in [3.63, 3.8) is 0 Å². The second-order valence-corrected chi connectivity index (χ2v) is 6.60. The van der Waals surface area contributed by atoms with Crippen LogP contribution in [0, 0.1) is 11.8 Å². The first kappa shape index (κ1) is 15.0. The van der Waals surface area contributed by atoms with Crippen LogP contribution in [0.3, 0.4) is 0 Å². The van der Waals surface area contributed by atoms with Gasteiger partial charge in [0.1, 0.15) is 6.23 Å². The maximum absolute atomic E-state index is 12.9. The second kappa shape index (κ2) is 5.36. The first-order valence-electron chi connectivity index (χ1n) is 7.76. The van der Waals surface area contributed by atoms with Crippen molar-refractivity contribution in [1.29, 1.82) is 0 Å². The highest BCUT2D eigenvalue weighted by Crippen LogP contribution is 2.35. The normalized spacial score (nSPS) is 24.5. The number of Topliss-reactive ketones (excluding diaryl/α,β-unsaturated/α-hetero) is 2. The number of rotatable bonds is 2. The van der Waals surface area contributed by atoms with Crippen LogP contribution >= 0.6 is 0 Å². The van der Waals surface area contributed by atoms with E-state index < -0.39 is 0 Å². The van der Waals surface area contributed by atoms with Crippen molar-refractivity contribution in [2.45, 2.75) is 40.0 Å². The van der Waals surface area contributed by atoms with Crippen molar-refractivity contribution in [3.05, 3.63) is 46.7 Å². The molecule has 0 unspecified atom stereocenters. The van der Waals surface area contributed by atoms with E-state index in [4.69, 9.17) is 4.74 Å². The van der Waals surface area contributed by atoms with Gasteiger partial charge in [-0.3, -0.25) is 9.59 Å². The molecule has 4 nitrogen and oxygen atoms in total. The Morgan fingerprint density at radius 2 is 1.55 bits per heavy atom. The van der Waals surface area contributed by atoms with Crippen LogP contribution in [0.5, 0.6) is 0 Å². The molecule has 0 fully saturated rings. The summed E-state index contributed by atoms with van der Waals surface area (Å²) in [4.78, 5) is 25.7. The Labute approximate surface area is 130 Å². The van der Waals surface area contributed by atoms with Gasteiger partial charge in [0.15, 0.2) is 5.78 Å². The van der Waals surface area contributed by atoms with Gasteiger partial charge >= 0.3 is 0 Å². The zero-order valence-electron chi connectivity index (χ0n) is 13.3. The van der Waals surface area contributed by atoms with Crippen molar-refractivity contribution in [2.24, 2.45) is 11.8 Å². The Balaban J connectivity index is 2.15. The minimum Gasteiger partial charge on any atom is -0.356 e. The molecule has 0 amide bonds. The topological polar surface area (TPSA) is 55.4 Å². The van der Waals surface area contributed by atoms with Crippen molar-refractivity contribution in [2.75, 3.05) is 0 Å². The van der Waals surface area contributed by atoms with E-state index in [1.54, 1.807) is 24.3 Å². The summed E-state index contributed by atoms with van der Waals surface area (Å²) in [5.74, 6) is 0.120. The van der Waals surface area contributed by atoms with Gasteiger partial charge in [0.25, 0.3) is 0 Å². The molecule has 0 spiro atoms. The van der Waals surface area contributed by atoms with E-state index in [0.29, 0.717) is 22.4 Å². The summed E-state index contributed by atoms with van der Waals surface area (Å²) in [7, 11) is 0. The van der Waals surface area contributed by atoms with Gasteiger partial charge in [0, 0.05) is 11.1 Å². The Morgan fingerprint density at radius 1 is 0.955 bits per heavy atom. The van der Waals surface area contributed by atoms with Crippen LogP contribution < -0.4 is 5.32 Å². The highest BCUT2D eigenvalue weighted by atomic mass is 16.5. The number of benzene rings is 1. The molecule has 1 aromatic rings. The average Bonchev–Trinajstić information content (AvgIpc) is 2.51. The summed E-state index contributed by atoms with van der Waals surface area (Å²) < 4.78 is 6.07. The van der Waals surface area contributed by atoms with E-state index in [1.807, 2.05) is 27.7 Å². The molecular formula is C18H21NO3. The molecule has 1 aliphatic heterocycles.